The molecule has 1 unspecified atom stereocenters. The molecule has 134 valence electrons. The van der Waals surface area contributed by atoms with E-state index in [0.29, 0.717) is 5.13 Å². The number of benzene rings is 1. The Balaban J connectivity index is 2.10. The maximum Gasteiger partial charge on any atom is 0.254 e. The summed E-state index contributed by atoms with van der Waals surface area (Å²) in [6.45, 7) is 7.56. The lowest BCUT2D eigenvalue weighted by molar-refractivity contribution is -0.118. The molecule has 0 radical (unpaired) electrons. The third-order valence-electron chi connectivity index (χ3n) is 3.52. The number of rotatable bonds is 6. The minimum Gasteiger partial charge on any atom is -0.340 e. The minimum atomic E-state index is -0.821. The monoisotopic (exact) mass is 364 g/mol. The van der Waals surface area contributed by atoms with Crippen molar-refractivity contribution in [2.24, 2.45) is 5.92 Å². The summed E-state index contributed by atoms with van der Waals surface area (Å²) < 4.78 is 13.7. The van der Waals surface area contributed by atoms with E-state index in [2.05, 4.69) is 20.8 Å². The summed E-state index contributed by atoms with van der Waals surface area (Å²) in [4.78, 5) is 24.8. The molecule has 2 N–H and O–H groups in total. The molecule has 2 rings (SSSR count). The Labute approximate surface area is 149 Å². The number of carbonyl (C=O) groups is 2. The van der Waals surface area contributed by atoms with E-state index < -0.39 is 23.7 Å². The van der Waals surface area contributed by atoms with Gasteiger partial charge in [0, 0.05) is 5.92 Å². The van der Waals surface area contributed by atoms with Crippen molar-refractivity contribution in [1.29, 1.82) is 0 Å². The molecule has 25 heavy (non-hydrogen) atoms. The molecule has 1 heterocycles. The first kappa shape index (κ1) is 19.0. The number of hydrogen-bond donors (Lipinski definition) is 2. The summed E-state index contributed by atoms with van der Waals surface area (Å²) in [6, 6.07) is 4.82. The summed E-state index contributed by atoms with van der Waals surface area (Å²) >= 11 is 1.29. The molecule has 8 heteroatoms. The van der Waals surface area contributed by atoms with Crippen LogP contribution in [0, 0.1) is 11.7 Å². The fourth-order valence-corrected chi connectivity index (χ4v) is 2.85. The van der Waals surface area contributed by atoms with Gasteiger partial charge in [-0.3, -0.25) is 14.9 Å². The van der Waals surface area contributed by atoms with Gasteiger partial charge in [0.25, 0.3) is 5.91 Å². The van der Waals surface area contributed by atoms with E-state index in [1.807, 2.05) is 13.8 Å². The van der Waals surface area contributed by atoms with Crippen LogP contribution in [0.15, 0.2) is 24.3 Å². The smallest absolute Gasteiger partial charge is 0.254 e. The maximum absolute atomic E-state index is 13.7. The van der Waals surface area contributed by atoms with Gasteiger partial charge in [0.2, 0.25) is 11.0 Å². The molecule has 0 spiro atoms. The lowest BCUT2D eigenvalue weighted by atomic mass is 10.0. The molecule has 1 aromatic carbocycles. The maximum atomic E-state index is 13.7. The summed E-state index contributed by atoms with van der Waals surface area (Å²) in [5.74, 6) is -1.65. The molecule has 0 saturated heterocycles. The summed E-state index contributed by atoms with van der Waals surface area (Å²) in [6.07, 6.45) is 0. The number of carbonyl (C=O) groups excluding carboxylic acids is 2. The summed E-state index contributed by atoms with van der Waals surface area (Å²) in [5, 5.41) is 14.4. The second kappa shape index (κ2) is 8.15. The number of anilines is 1. The second-order valence-corrected chi connectivity index (χ2v) is 7.27. The lowest BCUT2D eigenvalue weighted by Crippen LogP contribution is -2.47. The van der Waals surface area contributed by atoms with E-state index >= 15 is 0 Å². The normalized spacial score (nSPS) is 12.3. The Morgan fingerprint density at radius 1 is 1.12 bits per heavy atom. The van der Waals surface area contributed by atoms with E-state index in [1.54, 1.807) is 19.9 Å². The molecule has 0 aliphatic heterocycles. The van der Waals surface area contributed by atoms with Crippen molar-refractivity contribution < 1.29 is 14.0 Å². The summed E-state index contributed by atoms with van der Waals surface area (Å²) in [7, 11) is 0. The predicted octanol–water partition coefficient (Wildman–Crippen LogP) is 3.19. The average Bonchev–Trinajstić information content (AvgIpc) is 3.01. The van der Waals surface area contributed by atoms with Crippen LogP contribution in [-0.2, 0) is 4.79 Å². The largest absolute Gasteiger partial charge is 0.340 e. The van der Waals surface area contributed by atoms with E-state index in [0.717, 1.165) is 5.01 Å². The topological polar surface area (TPSA) is 84.0 Å². The third-order valence-corrected chi connectivity index (χ3v) is 4.66. The Morgan fingerprint density at radius 2 is 1.80 bits per heavy atom. The zero-order chi connectivity index (χ0) is 18.6. The summed E-state index contributed by atoms with van der Waals surface area (Å²) in [5.41, 5.74) is -0.0982. The van der Waals surface area contributed by atoms with Crippen molar-refractivity contribution in [3.05, 3.63) is 40.7 Å². The van der Waals surface area contributed by atoms with Crippen LogP contribution in [0.5, 0.6) is 0 Å². The van der Waals surface area contributed by atoms with Crippen LogP contribution in [0.4, 0.5) is 9.52 Å². The van der Waals surface area contributed by atoms with Crippen molar-refractivity contribution in [2.45, 2.75) is 39.7 Å². The van der Waals surface area contributed by atoms with E-state index in [1.165, 1.54) is 29.5 Å². The molecular formula is C17H21FN4O2S. The number of amides is 2. The number of hydrogen-bond acceptors (Lipinski definition) is 5. The minimum absolute atomic E-state index is 0.0982. The van der Waals surface area contributed by atoms with Gasteiger partial charge in [0.15, 0.2) is 0 Å². The predicted molar refractivity (Wildman–Crippen MR) is 95.1 cm³/mol. The van der Waals surface area contributed by atoms with Crippen molar-refractivity contribution in [3.63, 3.8) is 0 Å². The lowest BCUT2D eigenvalue weighted by Gasteiger charge is -2.21. The highest BCUT2D eigenvalue weighted by molar-refractivity contribution is 7.15. The van der Waals surface area contributed by atoms with Gasteiger partial charge in [0.1, 0.15) is 16.9 Å². The van der Waals surface area contributed by atoms with Crippen LogP contribution in [0.3, 0.4) is 0 Å². The van der Waals surface area contributed by atoms with Gasteiger partial charge in [-0.15, -0.1) is 10.2 Å². The van der Waals surface area contributed by atoms with E-state index in [-0.39, 0.29) is 17.4 Å². The van der Waals surface area contributed by atoms with E-state index in [4.69, 9.17) is 0 Å². The molecular weight excluding hydrogens is 343 g/mol. The van der Waals surface area contributed by atoms with Gasteiger partial charge >= 0.3 is 0 Å². The van der Waals surface area contributed by atoms with Gasteiger partial charge in [0.05, 0.1) is 5.56 Å². The van der Waals surface area contributed by atoms with Crippen LogP contribution >= 0.6 is 11.3 Å². The van der Waals surface area contributed by atoms with Crippen molar-refractivity contribution in [3.8, 4) is 0 Å². The average molecular weight is 364 g/mol. The molecule has 0 bridgehead atoms. The molecule has 2 aromatic rings. The quantitative estimate of drug-likeness (QED) is 0.824. The van der Waals surface area contributed by atoms with Crippen LogP contribution < -0.4 is 10.6 Å². The number of nitrogens with zero attached hydrogens (tertiary/aromatic N) is 2. The molecule has 6 nitrogen and oxygen atoms in total. The number of aromatic nitrogens is 2. The molecule has 1 aromatic heterocycles. The number of nitrogens with one attached hydrogen (secondary N) is 2. The van der Waals surface area contributed by atoms with Gasteiger partial charge in [-0.1, -0.05) is 51.2 Å². The highest BCUT2D eigenvalue weighted by Gasteiger charge is 2.26. The van der Waals surface area contributed by atoms with Gasteiger partial charge in [-0.2, -0.15) is 0 Å². The molecule has 0 aliphatic carbocycles. The highest BCUT2D eigenvalue weighted by atomic mass is 32.1. The standard InChI is InChI=1S/C17H21FN4O2S/c1-9(2)13(19-14(23)11-7-5-6-8-12(11)18)15(24)20-17-22-21-16(25-17)10(3)4/h5-10,13H,1-4H3,(H,19,23)(H,20,22,24). The first-order valence-electron chi connectivity index (χ1n) is 7.99. The fourth-order valence-electron chi connectivity index (χ4n) is 2.10. The Kier molecular flexibility index (Phi) is 6.19. The molecule has 1 atom stereocenters. The van der Waals surface area contributed by atoms with E-state index in [9.17, 15) is 14.0 Å². The van der Waals surface area contributed by atoms with Crippen LogP contribution in [-0.4, -0.2) is 28.1 Å². The highest BCUT2D eigenvalue weighted by Crippen LogP contribution is 2.22. The Hall–Kier alpha value is -2.35. The molecule has 0 saturated carbocycles. The molecule has 0 aliphatic rings. The van der Waals surface area contributed by atoms with Gasteiger partial charge < -0.3 is 5.32 Å². The SMILES string of the molecule is CC(C)c1nnc(NC(=O)C(NC(=O)c2ccccc2F)C(C)C)s1. The first-order valence-corrected chi connectivity index (χ1v) is 8.81. The fraction of sp³-hybridized carbons (Fsp3) is 0.412. The van der Waals surface area contributed by atoms with Crippen molar-refractivity contribution in [1.82, 2.24) is 15.5 Å². The van der Waals surface area contributed by atoms with Crippen molar-refractivity contribution >= 4 is 28.3 Å². The van der Waals surface area contributed by atoms with Crippen LogP contribution in [0.2, 0.25) is 0 Å². The Morgan fingerprint density at radius 3 is 2.36 bits per heavy atom. The first-order chi connectivity index (χ1) is 11.8. The van der Waals surface area contributed by atoms with Gasteiger partial charge in [-0.25, -0.2) is 4.39 Å². The molecule has 2 amide bonds. The number of halogens is 1. The molecule has 0 fully saturated rings. The van der Waals surface area contributed by atoms with Gasteiger partial charge in [-0.05, 0) is 18.1 Å². The third kappa shape index (κ3) is 4.82. The second-order valence-electron chi connectivity index (χ2n) is 6.26. The zero-order valence-electron chi connectivity index (χ0n) is 14.5. The van der Waals surface area contributed by atoms with Crippen LogP contribution in [0.1, 0.15) is 49.0 Å². The van der Waals surface area contributed by atoms with Crippen molar-refractivity contribution in [2.75, 3.05) is 5.32 Å². The Bertz CT molecular complexity index is 761. The van der Waals surface area contributed by atoms with Crippen LogP contribution in [0.25, 0.3) is 0 Å². The zero-order valence-corrected chi connectivity index (χ0v) is 15.4.